The Morgan fingerprint density at radius 2 is 1.61 bits per heavy atom. The monoisotopic (exact) mass is 379 g/mol. The number of piperidine rings is 2. The molecule has 6 nitrogen and oxygen atoms in total. The maximum atomic E-state index is 12.5. The van der Waals surface area contributed by atoms with Crippen molar-refractivity contribution in [3.05, 3.63) is 42.1 Å². The van der Waals surface area contributed by atoms with Crippen LogP contribution < -0.4 is 15.1 Å². The summed E-state index contributed by atoms with van der Waals surface area (Å²) in [4.78, 5) is 17.1. The van der Waals surface area contributed by atoms with Crippen molar-refractivity contribution in [2.45, 2.75) is 39.0 Å². The highest BCUT2D eigenvalue weighted by molar-refractivity contribution is 6.02. The molecule has 0 atom stereocenters. The van der Waals surface area contributed by atoms with E-state index in [0.29, 0.717) is 5.69 Å². The van der Waals surface area contributed by atoms with Crippen molar-refractivity contribution in [3.8, 4) is 0 Å². The van der Waals surface area contributed by atoms with Crippen molar-refractivity contribution in [1.29, 1.82) is 0 Å². The summed E-state index contributed by atoms with van der Waals surface area (Å²) in [6.45, 7) is 6.56. The van der Waals surface area contributed by atoms with Crippen LogP contribution in [0.4, 0.5) is 17.2 Å². The largest absolute Gasteiger partial charge is 0.372 e. The number of rotatable bonds is 4. The number of hydrogen-bond acceptors (Lipinski definition) is 5. The van der Waals surface area contributed by atoms with Crippen molar-refractivity contribution < 1.29 is 4.79 Å². The molecule has 4 rings (SSSR count). The molecule has 3 heterocycles. The Balaban J connectivity index is 1.35. The topological polar surface area (TPSA) is 61.4 Å². The molecule has 2 aliphatic heterocycles. The maximum absolute atomic E-state index is 12.5. The van der Waals surface area contributed by atoms with Gasteiger partial charge in [-0.1, -0.05) is 6.92 Å². The molecule has 6 heteroatoms. The normalized spacial score (nSPS) is 18.2. The van der Waals surface area contributed by atoms with Crippen molar-refractivity contribution in [3.63, 3.8) is 0 Å². The first-order valence-corrected chi connectivity index (χ1v) is 10.4. The predicted molar refractivity (Wildman–Crippen MR) is 113 cm³/mol. The lowest BCUT2D eigenvalue weighted by molar-refractivity contribution is 0.102. The van der Waals surface area contributed by atoms with Crippen molar-refractivity contribution in [1.82, 2.24) is 10.2 Å². The summed E-state index contributed by atoms with van der Waals surface area (Å²) in [6, 6.07) is 11.7. The molecule has 0 unspecified atom stereocenters. The fraction of sp³-hybridized carbons (Fsp3) is 0.500. The number of nitrogens with one attached hydrogen (secondary N) is 1. The van der Waals surface area contributed by atoms with Crippen molar-refractivity contribution >= 4 is 23.1 Å². The van der Waals surface area contributed by atoms with Crippen molar-refractivity contribution in [2.75, 3.05) is 41.3 Å². The quantitative estimate of drug-likeness (QED) is 0.871. The van der Waals surface area contributed by atoms with E-state index in [2.05, 4.69) is 44.4 Å². The molecule has 2 saturated heterocycles. The van der Waals surface area contributed by atoms with E-state index in [9.17, 15) is 4.79 Å². The minimum atomic E-state index is -0.225. The van der Waals surface area contributed by atoms with Crippen LogP contribution in [0.25, 0.3) is 0 Å². The summed E-state index contributed by atoms with van der Waals surface area (Å²) in [7, 11) is 0. The summed E-state index contributed by atoms with van der Waals surface area (Å²) < 4.78 is 0. The minimum Gasteiger partial charge on any atom is -0.372 e. The van der Waals surface area contributed by atoms with Crippen molar-refractivity contribution in [2.24, 2.45) is 5.92 Å². The lowest BCUT2D eigenvalue weighted by Gasteiger charge is -2.32. The van der Waals surface area contributed by atoms with Gasteiger partial charge >= 0.3 is 0 Å². The van der Waals surface area contributed by atoms with Gasteiger partial charge in [-0.3, -0.25) is 4.79 Å². The molecule has 0 saturated carbocycles. The highest BCUT2D eigenvalue weighted by Crippen LogP contribution is 2.24. The molecular weight excluding hydrogens is 350 g/mol. The van der Waals surface area contributed by atoms with Crippen LogP contribution >= 0.6 is 0 Å². The van der Waals surface area contributed by atoms with Crippen LogP contribution in [0.1, 0.15) is 49.5 Å². The second-order valence-corrected chi connectivity index (χ2v) is 8.00. The SMILES string of the molecule is CC1CCN(c2ccc(NC(=O)c3ccc(N4CCCCC4)nn3)cc2)CC1. The van der Waals surface area contributed by atoms with Gasteiger partial charge in [-0.15, -0.1) is 10.2 Å². The average Bonchev–Trinajstić information content (AvgIpc) is 2.76. The van der Waals surface area contributed by atoms with Gasteiger partial charge in [-0.2, -0.15) is 0 Å². The minimum absolute atomic E-state index is 0.225. The Labute approximate surface area is 166 Å². The summed E-state index contributed by atoms with van der Waals surface area (Å²) in [5.74, 6) is 1.45. The Kier molecular flexibility index (Phi) is 5.74. The van der Waals surface area contributed by atoms with Crippen LogP contribution in [0, 0.1) is 5.92 Å². The first kappa shape index (κ1) is 18.7. The fourth-order valence-electron chi connectivity index (χ4n) is 3.96. The van der Waals surface area contributed by atoms with Gasteiger partial charge in [0, 0.05) is 37.6 Å². The lowest BCUT2D eigenvalue weighted by atomic mass is 9.99. The molecule has 148 valence electrons. The van der Waals surface area contributed by atoms with E-state index in [1.165, 1.54) is 37.8 Å². The second kappa shape index (κ2) is 8.59. The molecule has 2 aliphatic rings. The van der Waals surface area contributed by atoms with E-state index in [0.717, 1.165) is 43.6 Å². The fourth-order valence-corrected chi connectivity index (χ4v) is 3.96. The number of hydrogen-bond donors (Lipinski definition) is 1. The van der Waals surface area contributed by atoms with Crippen LogP contribution in [0.2, 0.25) is 0 Å². The third-order valence-electron chi connectivity index (χ3n) is 5.84. The number of carbonyl (C=O) groups excluding carboxylic acids is 1. The molecule has 28 heavy (non-hydrogen) atoms. The zero-order valence-electron chi connectivity index (χ0n) is 16.6. The molecule has 1 aromatic heterocycles. The predicted octanol–water partition coefficient (Wildman–Crippen LogP) is 3.96. The van der Waals surface area contributed by atoms with Gasteiger partial charge in [0.1, 0.15) is 0 Å². The first-order valence-electron chi connectivity index (χ1n) is 10.4. The van der Waals surface area contributed by atoms with Crippen LogP contribution in [-0.4, -0.2) is 42.3 Å². The molecule has 0 radical (unpaired) electrons. The summed E-state index contributed by atoms with van der Waals surface area (Å²) >= 11 is 0. The zero-order chi connectivity index (χ0) is 19.3. The number of carbonyl (C=O) groups is 1. The van der Waals surface area contributed by atoms with Gasteiger partial charge in [0.15, 0.2) is 11.5 Å². The lowest BCUT2D eigenvalue weighted by Crippen LogP contribution is -2.32. The Morgan fingerprint density at radius 3 is 2.25 bits per heavy atom. The Hall–Kier alpha value is -2.63. The summed E-state index contributed by atoms with van der Waals surface area (Å²) in [6.07, 6.45) is 6.14. The van der Waals surface area contributed by atoms with Crippen LogP contribution in [-0.2, 0) is 0 Å². The van der Waals surface area contributed by atoms with Crippen LogP contribution in [0.15, 0.2) is 36.4 Å². The Morgan fingerprint density at radius 1 is 0.893 bits per heavy atom. The molecule has 2 aromatic rings. The maximum Gasteiger partial charge on any atom is 0.276 e. The third-order valence-corrected chi connectivity index (χ3v) is 5.84. The molecular formula is C22H29N5O. The number of aromatic nitrogens is 2. The summed E-state index contributed by atoms with van der Waals surface area (Å²) in [5, 5.41) is 11.3. The van der Waals surface area contributed by atoms with E-state index in [1.807, 2.05) is 18.2 Å². The van der Waals surface area contributed by atoms with Gasteiger partial charge in [0.05, 0.1) is 0 Å². The van der Waals surface area contributed by atoms with Crippen LogP contribution in [0.5, 0.6) is 0 Å². The number of benzene rings is 1. The molecule has 1 aromatic carbocycles. The average molecular weight is 380 g/mol. The summed E-state index contributed by atoms with van der Waals surface area (Å²) in [5.41, 5.74) is 2.34. The third kappa shape index (κ3) is 4.43. The van der Waals surface area contributed by atoms with Gasteiger partial charge < -0.3 is 15.1 Å². The highest BCUT2D eigenvalue weighted by atomic mass is 16.1. The van der Waals surface area contributed by atoms with Gasteiger partial charge in [-0.05, 0) is 74.4 Å². The molecule has 1 amide bonds. The molecule has 0 bridgehead atoms. The van der Waals surface area contributed by atoms with Gasteiger partial charge in [-0.25, -0.2) is 0 Å². The molecule has 0 spiro atoms. The van der Waals surface area contributed by atoms with E-state index in [1.54, 1.807) is 6.07 Å². The number of amides is 1. The van der Waals surface area contributed by atoms with Crippen LogP contribution in [0.3, 0.4) is 0 Å². The number of nitrogens with zero attached hydrogens (tertiary/aromatic N) is 4. The first-order chi connectivity index (χ1) is 13.7. The van der Waals surface area contributed by atoms with Gasteiger partial charge in [0.25, 0.3) is 5.91 Å². The zero-order valence-corrected chi connectivity index (χ0v) is 16.6. The van der Waals surface area contributed by atoms with E-state index in [4.69, 9.17) is 0 Å². The highest BCUT2D eigenvalue weighted by Gasteiger charge is 2.17. The standard InChI is InChI=1S/C22H29N5O/c1-17-11-15-26(16-12-17)19-7-5-18(6-8-19)23-22(28)20-9-10-21(25-24-20)27-13-3-2-4-14-27/h5-10,17H,2-4,11-16H2,1H3,(H,23,28). The van der Waals surface area contributed by atoms with Gasteiger partial charge in [0.2, 0.25) is 0 Å². The smallest absolute Gasteiger partial charge is 0.276 e. The van der Waals surface area contributed by atoms with E-state index >= 15 is 0 Å². The second-order valence-electron chi connectivity index (χ2n) is 8.00. The molecule has 1 N–H and O–H groups in total. The van der Waals surface area contributed by atoms with E-state index in [-0.39, 0.29) is 5.91 Å². The molecule has 2 fully saturated rings. The van der Waals surface area contributed by atoms with E-state index < -0.39 is 0 Å². The molecule has 0 aliphatic carbocycles. The number of anilines is 3. The Bertz CT molecular complexity index is 776.